The fourth-order valence-corrected chi connectivity index (χ4v) is 2.58. The van der Waals surface area contributed by atoms with Crippen LogP contribution in [-0.4, -0.2) is 17.6 Å². The standard InChI is InChI=1S/C20H20N2O2/c1-24-19-7-3-2-6-17(19)15-21-20(23)14-16-8-10-18(11-9-16)22-12-4-5-13-22/h2-13H,14-15H2,1H3,(H,21,23). The van der Waals surface area contributed by atoms with Gasteiger partial charge in [-0.3, -0.25) is 4.79 Å². The maximum atomic E-state index is 12.1. The highest BCUT2D eigenvalue weighted by atomic mass is 16.5. The van der Waals surface area contributed by atoms with Crippen molar-refractivity contribution >= 4 is 5.91 Å². The first-order valence-corrected chi connectivity index (χ1v) is 7.87. The van der Waals surface area contributed by atoms with E-state index >= 15 is 0 Å². The zero-order valence-electron chi connectivity index (χ0n) is 13.6. The molecule has 3 rings (SSSR count). The quantitative estimate of drug-likeness (QED) is 0.757. The van der Waals surface area contributed by atoms with Gasteiger partial charge in [-0.15, -0.1) is 0 Å². The van der Waals surface area contributed by atoms with Gasteiger partial charge in [-0.25, -0.2) is 0 Å². The molecule has 122 valence electrons. The van der Waals surface area contributed by atoms with Crippen LogP contribution in [0.15, 0.2) is 73.1 Å². The van der Waals surface area contributed by atoms with Crippen molar-refractivity contribution in [2.24, 2.45) is 0 Å². The smallest absolute Gasteiger partial charge is 0.224 e. The molecule has 0 saturated carbocycles. The second-order valence-corrected chi connectivity index (χ2v) is 5.52. The molecule has 0 saturated heterocycles. The molecular weight excluding hydrogens is 300 g/mol. The van der Waals surface area contributed by atoms with E-state index in [1.54, 1.807) is 7.11 Å². The van der Waals surface area contributed by atoms with Gasteiger partial charge in [-0.05, 0) is 35.9 Å². The van der Waals surface area contributed by atoms with E-state index in [4.69, 9.17) is 4.74 Å². The minimum Gasteiger partial charge on any atom is -0.496 e. The van der Waals surface area contributed by atoms with Crippen LogP contribution in [0.1, 0.15) is 11.1 Å². The molecule has 0 unspecified atom stereocenters. The van der Waals surface area contributed by atoms with Crippen molar-refractivity contribution < 1.29 is 9.53 Å². The Hall–Kier alpha value is -3.01. The lowest BCUT2D eigenvalue weighted by atomic mass is 10.1. The Balaban J connectivity index is 1.57. The van der Waals surface area contributed by atoms with Crippen molar-refractivity contribution in [2.75, 3.05) is 7.11 Å². The molecule has 0 aliphatic rings. The lowest BCUT2D eigenvalue weighted by Crippen LogP contribution is -2.24. The molecule has 0 fully saturated rings. The molecule has 1 N–H and O–H groups in total. The molecule has 3 aromatic rings. The topological polar surface area (TPSA) is 43.3 Å². The highest BCUT2D eigenvalue weighted by Gasteiger charge is 2.06. The molecule has 0 aliphatic heterocycles. The monoisotopic (exact) mass is 320 g/mol. The molecule has 0 spiro atoms. The molecule has 1 heterocycles. The summed E-state index contributed by atoms with van der Waals surface area (Å²) in [5, 5.41) is 2.94. The zero-order valence-corrected chi connectivity index (χ0v) is 13.6. The Morgan fingerprint density at radius 2 is 1.71 bits per heavy atom. The van der Waals surface area contributed by atoms with Crippen molar-refractivity contribution in [3.8, 4) is 11.4 Å². The first-order valence-electron chi connectivity index (χ1n) is 7.87. The van der Waals surface area contributed by atoms with Gasteiger partial charge in [0, 0.05) is 30.2 Å². The Kier molecular flexibility index (Phi) is 4.96. The largest absolute Gasteiger partial charge is 0.496 e. The summed E-state index contributed by atoms with van der Waals surface area (Å²) in [6.45, 7) is 0.463. The average Bonchev–Trinajstić information content (AvgIpc) is 3.15. The first-order chi connectivity index (χ1) is 11.8. The van der Waals surface area contributed by atoms with Gasteiger partial charge in [0.1, 0.15) is 5.75 Å². The fourth-order valence-electron chi connectivity index (χ4n) is 2.58. The number of methoxy groups -OCH3 is 1. The van der Waals surface area contributed by atoms with Gasteiger partial charge >= 0.3 is 0 Å². The van der Waals surface area contributed by atoms with Crippen LogP contribution >= 0.6 is 0 Å². The van der Waals surface area contributed by atoms with Gasteiger partial charge in [0.15, 0.2) is 0 Å². The number of para-hydroxylation sites is 1. The molecule has 0 atom stereocenters. The van der Waals surface area contributed by atoms with E-state index in [0.29, 0.717) is 13.0 Å². The maximum absolute atomic E-state index is 12.1. The van der Waals surface area contributed by atoms with E-state index in [9.17, 15) is 4.79 Å². The zero-order chi connectivity index (χ0) is 16.8. The molecular formula is C20H20N2O2. The second kappa shape index (κ2) is 7.51. The van der Waals surface area contributed by atoms with E-state index in [2.05, 4.69) is 5.32 Å². The van der Waals surface area contributed by atoms with Gasteiger partial charge in [-0.2, -0.15) is 0 Å². The van der Waals surface area contributed by atoms with Gasteiger partial charge < -0.3 is 14.6 Å². The van der Waals surface area contributed by atoms with Crippen molar-refractivity contribution in [1.82, 2.24) is 9.88 Å². The highest BCUT2D eigenvalue weighted by molar-refractivity contribution is 5.78. The van der Waals surface area contributed by atoms with Gasteiger partial charge in [0.05, 0.1) is 13.5 Å². The number of aromatic nitrogens is 1. The van der Waals surface area contributed by atoms with E-state index in [-0.39, 0.29) is 5.91 Å². The average molecular weight is 320 g/mol. The van der Waals surface area contributed by atoms with Crippen LogP contribution in [0, 0.1) is 0 Å². The van der Waals surface area contributed by atoms with Gasteiger partial charge in [0.25, 0.3) is 0 Å². The van der Waals surface area contributed by atoms with Crippen LogP contribution in [0.3, 0.4) is 0 Å². The third-order valence-electron chi connectivity index (χ3n) is 3.87. The molecule has 1 aromatic heterocycles. The van der Waals surface area contributed by atoms with Crippen LogP contribution in [-0.2, 0) is 17.8 Å². The fraction of sp³-hybridized carbons (Fsp3) is 0.150. The maximum Gasteiger partial charge on any atom is 0.224 e. The number of carbonyl (C=O) groups excluding carboxylic acids is 1. The van der Waals surface area contributed by atoms with Crippen LogP contribution in [0.2, 0.25) is 0 Å². The summed E-state index contributed by atoms with van der Waals surface area (Å²) < 4.78 is 7.32. The Morgan fingerprint density at radius 3 is 2.42 bits per heavy atom. The van der Waals surface area contributed by atoms with Crippen LogP contribution in [0.5, 0.6) is 5.75 Å². The molecule has 4 heteroatoms. The number of hydrogen-bond donors (Lipinski definition) is 1. The molecule has 0 bridgehead atoms. The van der Waals surface area contributed by atoms with Crippen molar-refractivity contribution in [3.05, 3.63) is 84.2 Å². The second-order valence-electron chi connectivity index (χ2n) is 5.52. The number of carbonyl (C=O) groups is 1. The summed E-state index contributed by atoms with van der Waals surface area (Å²) in [4.78, 5) is 12.1. The van der Waals surface area contributed by atoms with Crippen molar-refractivity contribution in [1.29, 1.82) is 0 Å². The summed E-state index contributed by atoms with van der Waals surface area (Å²) in [6, 6.07) is 19.7. The number of benzene rings is 2. The number of ether oxygens (including phenoxy) is 1. The number of rotatable bonds is 6. The van der Waals surface area contributed by atoms with E-state index in [1.807, 2.05) is 77.6 Å². The number of nitrogens with one attached hydrogen (secondary N) is 1. The van der Waals surface area contributed by atoms with Crippen LogP contribution < -0.4 is 10.1 Å². The van der Waals surface area contributed by atoms with Crippen LogP contribution in [0.25, 0.3) is 5.69 Å². The summed E-state index contributed by atoms with van der Waals surface area (Å²) in [5.41, 5.74) is 3.04. The Bertz CT molecular complexity index is 793. The molecule has 4 nitrogen and oxygen atoms in total. The minimum atomic E-state index is -0.00498. The highest BCUT2D eigenvalue weighted by Crippen LogP contribution is 2.17. The molecule has 0 aliphatic carbocycles. The molecule has 0 radical (unpaired) electrons. The van der Waals surface area contributed by atoms with E-state index < -0.39 is 0 Å². The summed E-state index contributed by atoms with van der Waals surface area (Å²) in [5.74, 6) is 0.781. The molecule has 2 aromatic carbocycles. The normalized spacial score (nSPS) is 10.4. The lowest BCUT2D eigenvalue weighted by Gasteiger charge is -2.10. The van der Waals surface area contributed by atoms with Gasteiger partial charge in [0.2, 0.25) is 5.91 Å². The Morgan fingerprint density at radius 1 is 1.00 bits per heavy atom. The predicted octanol–water partition coefficient (Wildman–Crippen LogP) is 3.34. The van der Waals surface area contributed by atoms with E-state index in [0.717, 1.165) is 22.6 Å². The number of amides is 1. The third-order valence-corrected chi connectivity index (χ3v) is 3.87. The predicted molar refractivity (Wildman–Crippen MR) is 94.3 cm³/mol. The number of nitrogens with zero attached hydrogens (tertiary/aromatic N) is 1. The summed E-state index contributed by atoms with van der Waals surface area (Å²) in [7, 11) is 1.63. The molecule has 1 amide bonds. The number of hydrogen-bond acceptors (Lipinski definition) is 2. The van der Waals surface area contributed by atoms with E-state index in [1.165, 1.54) is 0 Å². The molecule has 24 heavy (non-hydrogen) atoms. The summed E-state index contributed by atoms with van der Waals surface area (Å²) in [6.07, 6.45) is 4.35. The Labute approximate surface area is 141 Å². The SMILES string of the molecule is COc1ccccc1CNC(=O)Cc1ccc(-n2cccc2)cc1. The van der Waals surface area contributed by atoms with Crippen molar-refractivity contribution in [2.45, 2.75) is 13.0 Å². The minimum absolute atomic E-state index is 0.00498. The van der Waals surface area contributed by atoms with Gasteiger partial charge in [-0.1, -0.05) is 30.3 Å². The lowest BCUT2D eigenvalue weighted by molar-refractivity contribution is -0.120. The van der Waals surface area contributed by atoms with Crippen molar-refractivity contribution in [3.63, 3.8) is 0 Å². The summed E-state index contributed by atoms with van der Waals surface area (Å²) >= 11 is 0. The third kappa shape index (κ3) is 3.84. The van der Waals surface area contributed by atoms with Crippen LogP contribution in [0.4, 0.5) is 0 Å². The first kappa shape index (κ1) is 15.9.